The molecule has 4 aromatic heterocycles. The van der Waals surface area contributed by atoms with Gasteiger partial charge in [-0.15, -0.1) is 54.1 Å². The fourth-order valence-electron chi connectivity index (χ4n) is 6.69. The first-order chi connectivity index (χ1) is 24.3. The molecule has 0 saturated carbocycles. The number of hydrogen-bond acceptors (Lipinski definition) is 4. The summed E-state index contributed by atoms with van der Waals surface area (Å²) in [5.74, 6) is 0.836. The van der Waals surface area contributed by atoms with Crippen LogP contribution >= 0.6 is 0 Å². The molecule has 7 rings (SSSR count). The van der Waals surface area contributed by atoms with E-state index < -0.39 is 8.07 Å². The molecular weight excluding hydrogens is 838 g/mol. The van der Waals surface area contributed by atoms with Crippen molar-refractivity contribution in [2.75, 3.05) is 0 Å². The van der Waals surface area contributed by atoms with Gasteiger partial charge in [0, 0.05) is 43.4 Å². The molecular formula is C45H46FIrN3OSi-2. The van der Waals surface area contributed by atoms with Gasteiger partial charge in [-0.3, -0.25) is 0 Å². The minimum Gasteiger partial charge on any atom is -0.486 e. The molecule has 0 amide bonds. The summed E-state index contributed by atoms with van der Waals surface area (Å²) in [6.07, 6.45) is 5.07. The first kappa shape index (κ1) is 38.9. The van der Waals surface area contributed by atoms with Crippen molar-refractivity contribution >= 4 is 35.3 Å². The maximum Gasteiger partial charge on any atom is 0.216 e. The van der Waals surface area contributed by atoms with Crippen molar-refractivity contribution in [2.45, 2.75) is 73.5 Å². The van der Waals surface area contributed by atoms with Crippen LogP contribution in [0.4, 0.5) is 4.39 Å². The number of aromatic nitrogens is 3. The number of fused-ring (bicyclic) bond motifs is 3. The maximum absolute atomic E-state index is 13.8. The summed E-state index contributed by atoms with van der Waals surface area (Å²) < 4.78 is 20.0. The molecule has 0 aliphatic carbocycles. The summed E-state index contributed by atoms with van der Waals surface area (Å²) in [6, 6.07) is 32.0. The molecule has 0 fully saturated rings. The maximum atomic E-state index is 13.8. The van der Waals surface area contributed by atoms with Crippen molar-refractivity contribution in [3.8, 4) is 33.8 Å². The Morgan fingerprint density at radius 3 is 2.19 bits per heavy atom. The van der Waals surface area contributed by atoms with E-state index in [0.29, 0.717) is 17.5 Å². The van der Waals surface area contributed by atoms with Gasteiger partial charge in [-0.25, -0.2) is 9.37 Å². The number of hydrogen-bond donors (Lipinski definition) is 0. The minimum absolute atomic E-state index is 0. The Labute approximate surface area is 322 Å². The zero-order chi connectivity index (χ0) is 36.4. The third-order valence-electron chi connectivity index (χ3n) is 9.17. The zero-order valence-corrected chi connectivity index (χ0v) is 34.9. The van der Waals surface area contributed by atoms with E-state index in [-0.39, 0.29) is 25.9 Å². The molecule has 0 spiro atoms. The van der Waals surface area contributed by atoms with Crippen LogP contribution in [-0.4, -0.2) is 23.0 Å². The summed E-state index contributed by atoms with van der Waals surface area (Å²) in [5.41, 5.74) is 11.2. The Hall–Kier alpha value is -4.29. The number of halogens is 1. The van der Waals surface area contributed by atoms with Crippen LogP contribution in [0.2, 0.25) is 19.6 Å². The van der Waals surface area contributed by atoms with Gasteiger partial charge in [-0.1, -0.05) is 81.5 Å². The quantitative estimate of drug-likeness (QED) is 0.118. The fourth-order valence-corrected chi connectivity index (χ4v) is 8.28. The van der Waals surface area contributed by atoms with Crippen LogP contribution in [0.15, 0.2) is 95.7 Å². The van der Waals surface area contributed by atoms with Crippen LogP contribution in [0.25, 0.3) is 55.8 Å². The zero-order valence-electron chi connectivity index (χ0n) is 31.5. The Morgan fingerprint density at radius 1 is 0.788 bits per heavy atom. The second-order valence-electron chi connectivity index (χ2n) is 15.1. The molecule has 1 radical (unpaired) electrons. The third kappa shape index (κ3) is 8.49. The molecule has 4 nitrogen and oxygen atoms in total. The molecule has 269 valence electrons. The van der Waals surface area contributed by atoms with Gasteiger partial charge in [0.15, 0.2) is 0 Å². The Balaban J connectivity index is 0.000000217. The fraction of sp³-hybridized carbons (Fsp3) is 0.267. The number of furan rings is 1. The number of rotatable bonds is 7. The monoisotopic (exact) mass is 884 g/mol. The van der Waals surface area contributed by atoms with Crippen LogP contribution in [0.5, 0.6) is 0 Å². The molecule has 0 bridgehead atoms. The predicted molar refractivity (Wildman–Crippen MR) is 213 cm³/mol. The SMILES string of the molecule is CC(C)Cc1cc(-c2[c-]cccc2)ncc1[Si](C)(C)C.Cc1cc(F)cc(C)c1-c1ccc2c(n1)oc1c(-c3cc(C(C)C)ccn3)[c-]ccc12.[Ir]. The van der Waals surface area contributed by atoms with Gasteiger partial charge in [0.1, 0.15) is 5.82 Å². The van der Waals surface area contributed by atoms with Crippen LogP contribution in [0.3, 0.4) is 0 Å². The molecule has 0 unspecified atom stereocenters. The number of benzene rings is 3. The van der Waals surface area contributed by atoms with Gasteiger partial charge in [0.25, 0.3) is 0 Å². The van der Waals surface area contributed by atoms with Crippen molar-refractivity contribution in [1.82, 2.24) is 15.0 Å². The molecule has 3 aromatic carbocycles. The second kappa shape index (κ2) is 16.2. The topological polar surface area (TPSA) is 51.8 Å². The van der Waals surface area contributed by atoms with E-state index in [0.717, 1.165) is 67.7 Å². The van der Waals surface area contributed by atoms with Crippen molar-refractivity contribution in [2.24, 2.45) is 5.92 Å². The molecule has 0 aliphatic rings. The molecule has 0 saturated heterocycles. The molecule has 0 atom stereocenters. The standard InChI is InChI=1S/C27H22FN2O.C18H24NSi.Ir/c1-15(2)18-10-11-29-24(14-18)22-7-5-6-20-21-8-9-23(30-27(21)31-26(20)22)25-16(3)12-19(28)13-17(25)4;1-14(2)11-16-12-17(15-9-7-6-8-10-15)19-13-18(16)20(3,4)5;/h5-6,8-15H,1-4H3;6-9,12-14H,11H2,1-5H3;/q2*-1;. The summed E-state index contributed by atoms with van der Waals surface area (Å²) in [7, 11) is -1.34. The van der Waals surface area contributed by atoms with Crippen LogP contribution < -0.4 is 5.19 Å². The normalized spacial score (nSPS) is 11.5. The average Bonchev–Trinajstić information content (AvgIpc) is 3.46. The van der Waals surface area contributed by atoms with Gasteiger partial charge in [-0.05, 0) is 90.1 Å². The van der Waals surface area contributed by atoms with Gasteiger partial charge >= 0.3 is 0 Å². The number of pyridine rings is 3. The van der Waals surface area contributed by atoms with E-state index in [9.17, 15) is 4.39 Å². The van der Waals surface area contributed by atoms with E-state index in [4.69, 9.17) is 9.40 Å². The third-order valence-corrected chi connectivity index (χ3v) is 11.2. The van der Waals surface area contributed by atoms with Crippen LogP contribution in [0.1, 0.15) is 55.9 Å². The van der Waals surface area contributed by atoms with E-state index in [1.807, 2.05) is 68.6 Å². The largest absolute Gasteiger partial charge is 0.486 e. The Bertz CT molecular complexity index is 2300. The Kier molecular flexibility index (Phi) is 12.1. The van der Waals surface area contributed by atoms with Gasteiger partial charge in [0.05, 0.1) is 19.4 Å². The van der Waals surface area contributed by atoms with Crippen molar-refractivity contribution in [1.29, 1.82) is 0 Å². The van der Waals surface area contributed by atoms with Crippen LogP contribution in [-0.2, 0) is 26.5 Å². The van der Waals surface area contributed by atoms with Crippen molar-refractivity contribution in [3.05, 3.63) is 131 Å². The molecule has 52 heavy (non-hydrogen) atoms. The smallest absolute Gasteiger partial charge is 0.216 e. The molecule has 0 N–H and O–H groups in total. The first-order valence-electron chi connectivity index (χ1n) is 17.7. The summed E-state index contributed by atoms with van der Waals surface area (Å²) in [6.45, 7) is 19.9. The van der Waals surface area contributed by atoms with Crippen LogP contribution in [0, 0.1) is 37.7 Å². The molecule has 7 aromatic rings. The molecule has 0 aliphatic heterocycles. The first-order valence-corrected chi connectivity index (χ1v) is 21.2. The Morgan fingerprint density at radius 2 is 1.54 bits per heavy atom. The summed E-state index contributed by atoms with van der Waals surface area (Å²) in [5, 5.41) is 3.41. The summed E-state index contributed by atoms with van der Waals surface area (Å²) in [4.78, 5) is 14.0. The predicted octanol–water partition coefficient (Wildman–Crippen LogP) is 11.7. The number of aryl methyl sites for hydroxylation is 2. The molecule has 7 heteroatoms. The number of nitrogens with zero attached hydrogens (tertiary/aromatic N) is 3. The van der Waals surface area contributed by atoms with Gasteiger partial charge < -0.3 is 14.4 Å². The second-order valence-corrected chi connectivity index (χ2v) is 20.2. The minimum atomic E-state index is -1.34. The van der Waals surface area contributed by atoms with E-state index in [2.05, 4.69) is 93.8 Å². The molecule has 4 heterocycles. The van der Waals surface area contributed by atoms with Gasteiger partial charge in [0.2, 0.25) is 5.71 Å². The van der Waals surface area contributed by atoms with E-state index >= 15 is 0 Å². The van der Waals surface area contributed by atoms with E-state index in [1.54, 1.807) is 0 Å². The van der Waals surface area contributed by atoms with Crippen molar-refractivity contribution in [3.63, 3.8) is 0 Å². The average molecular weight is 884 g/mol. The van der Waals surface area contributed by atoms with E-state index in [1.165, 1.54) is 28.4 Å². The summed E-state index contributed by atoms with van der Waals surface area (Å²) >= 11 is 0. The van der Waals surface area contributed by atoms with Gasteiger partial charge in [-0.2, -0.15) is 0 Å². The van der Waals surface area contributed by atoms with Crippen molar-refractivity contribution < 1.29 is 28.9 Å².